The Kier molecular flexibility index (Phi) is 3.96. The van der Waals surface area contributed by atoms with E-state index in [2.05, 4.69) is 62.2 Å². The van der Waals surface area contributed by atoms with Gasteiger partial charge in [0.1, 0.15) is 0 Å². The molecule has 0 saturated carbocycles. The van der Waals surface area contributed by atoms with Crippen molar-refractivity contribution in [2.45, 2.75) is 27.7 Å². The van der Waals surface area contributed by atoms with E-state index in [1.54, 1.807) is 0 Å². The molecular weight excluding hydrogens is 296 g/mol. The molecule has 24 heavy (non-hydrogen) atoms. The first-order valence-electron chi connectivity index (χ1n) is 8.22. The molecule has 1 amide bonds. The lowest BCUT2D eigenvalue weighted by atomic mass is 9.90. The minimum Gasteiger partial charge on any atom is -0.378 e. The predicted octanol–water partition coefficient (Wildman–Crippen LogP) is 4.48. The zero-order valence-electron chi connectivity index (χ0n) is 15.2. The van der Waals surface area contributed by atoms with Crippen molar-refractivity contribution >= 4 is 28.9 Å². The van der Waals surface area contributed by atoms with Gasteiger partial charge in [0.05, 0.1) is 5.69 Å². The van der Waals surface area contributed by atoms with Crippen molar-refractivity contribution in [1.82, 2.24) is 0 Å². The van der Waals surface area contributed by atoms with Crippen LogP contribution in [0.5, 0.6) is 0 Å². The van der Waals surface area contributed by atoms with Crippen LogP contribution in [0.1, 0.15) is 33.4 Å². The van der Waals surface area contributed by atoms with Crippen LogP contribution in [0, 0.1) is 27.7 Å². The molecule has 124 valence electrons. The van der Waals surface area contributed by atoms with Gasteiger partial charge < -0.3 is 10.2 Å². The van der Waals surface area contributed by atoms with Crippen molar-refractivity contribution in [2.75, 3.05) is 24.3 Å². The molecule has 1 heterocycles. The Morgan fingerprint density at radius 3 is 2.04 bits per heavy atom. The zero-order valence-corrected chi connectivity index (χ0v) is 15.2. The van der Waals surface area contributed by atoms with Crippen molar-refractivity contribution < 1.29 is 4.79 Å². The molecule has 0 unspecified atom stereocenters. The lowest BCUT2D eigenvalue weighted by Gasteiger charge is -2.15. The van der Waals surface area contributed by atoms with Crippen LogP contribution in [0.25, 0.3) is 11.6 Å². The number of amides is 1. The molecule has 1 aliphatic heterocycles. The summed E-state index contributed by atoms with van der Waals surface area (Å²) in [5.74, 6) is -0.0158. The number of nitrogens with one attached hydrogen (secondary N) is 1. The molecule has 0 aromatic heterocycles. The first-order valence-corrected chi connectivity index (χ1v) is 8.22. The summed E-state index contributed by atoms with van der Waals surface area (Å²) in [6, 6.07) is 8.24. The van der Waals surface area contributed by atoms with Crippen molar-refractivity contribution in [3.05, 3.63) is 57.6 Å². The molecule has 0 atom stereocenters. The summed E-state index contributed by atoms with van der Waals surface area (Å²) in [6.45, 7) is 8.43. The van der Waals surface area contributed by atoms with E-state index in [1.807, 2.05) is 20.2 Å². The topological polar surface area (TPSA) is 32.3 Å². The summed E-state index contributed by atoms with van der Waals surface area (Å²) < 4.78 is 0. The van der Waals surface area contributed by atoms with Crippen LogP contribution >= 0.6 is 0 Å². The van der Waals surface area contributed by atoms with Gasteiger partial charge in [0.25, 0.3) is 5.91 Å². The highest BCUT2D eigenvalue weighted by atomic mass is 16.2. The number of carbonyl (C=O) groups excluding carboxylic acids is 1. The van der Waals surface area contributed by atoms with Crippen LogP contribution in [0.4, 0.5) is 11.4 Å². The fourth-order valence-corrected chi connectivity index (χ4v) is 3.27. The third-order valence-electron chi connectivity index (χ3n) is 5.16. The fourth-order valence-electron chi connectivity index (χ4n) is 3.27. The molecule has 0 saturated heterocycles. The molecule has 2 aromatic rings. The van der Waals surface area contributed by atoms with E-state index < -0.39 is 0 Å². The number of hydrogen-bond donors (Lipinski definition) is 1. The number of nitrogens with zero attached hydrogens (tertiary/aromatic N) is 1. The zero-order chi connectivity index (χ0) is 17.6. The quantitative estimate of drug-likeness (QED) is 0.828. The van der Waals surface area contributed by atoms with Gasteiger partial charge in [-0.2, -0.15) is 0 Å². The second-order valence-electron chi connectivity index (χ2n) is 6.75. The Bertz CT molecular complexity index is 859. The molecule has 0 radical (unpaired) electrons. The minimum absolute atomic E-state index is 0.0158. The smallest absolute Gasteiger partial charge is 0.256 e. The summed E-state index contributed by atoms with van der Waals surface area (Å²) in [6.07, 6.45) is 1.99. The second-order valence-corrected chi connectivity index (χ2v) is 6.75. The molecule has 3 rings (SSSR count). The van der Waals surface area contributed by atoms with E-state index in [1.165, 1.54) is 16.7 Å². The number of fused-ring (bicyclic) bond motifs is 1. The SMILES string of the molecule is Cc1c(C)c(C)c2c(c1C)NC(=O)/C2=C\c1ccc(N(C)C)cc1. The number of benzene rings is 2. The summed E-state index contributed by atoms with van der Waals surface area (Å²) in [4.78, 5) is 14.6. The van der Waals surface area contributed by atoms with Gasteiger partial charge in [0.15, 0.2) is 0 Å². The Balaban J connectivity index is 2.13. The van der Waals surface area contributed by atoms with E-state index in [0.717, 1.165) is 33.6 Å². The van der Waals surface area contributed by atoms with Crippen LogP contribution in [-0.4, -0.2) is 20.0 Å². The standard InChI is InChI=1S/C21H24N2O/c1-12-13(2)15(4)20-19(14(12)3)18(21(24)22-20)11-16-7-9-17(10-8-16)23(5)6/h7-11H,1-6H3,(H,22,24)/b18-11-. The molecular formula is C21H24N2O. The molecule has 1 N–H and O–H groups in total. The van der Waals surface area contributed by atoms with Crippen molar-refractivity contribution in [3.63, 3.8) is 0 Å². The Morgan fingerprint density at radius 2 is 1.46 bits per heavy atom. The lowest BCUT2D eigenvalue weighted by molar-refractivity contribution is -0.110. The van der Waals surface area contributed by atoms with E-state index >= 15 is 0 Å². The van der Waals surface area contributed by atoms with Crippen LogP contribution < -0.4 is 10.2 Å². The highest BCUT2D eigenvalue weighted by Gasteiger charge is 2.29. The van der Waals surface area contributed by atoms with Crippen molar-refractivity contribution in [1.29, 1.82) is 0 Å². The first kappa shape index (κ1) is 16.3. The first-order chi connectivity index (χ1) is 11.3. The van der Waals surface area contributed by atoms with E-state index in [0.29, 0.717) is 0 Å². The molecule has 0 spiro atoms. The fraction of sp³-hybridized carbons (Fsp3) is 0.286. The van der Waals surface area contributed by atoms with E-state index in [-0.39, 0.29) is 5.91 Å². The van der Waals surface area contributed by atoms with Gasteiger partial charge in [-0.05, 0) is 73.7 Å². The second kappa shape index (κ2) is 5.82. The molecule has 0 fully saturated rings. The third-order valence-corrected chi connectivity index (χ3v) is 5.16. The number of hydrogen-bond acceptors (Lipinski definition) is 2. The molecule has 3 nitrogen and oxygen atoms in total. The normalized spacial score (nSPS) is 14.8. The maximum Gasteiger partial charge on any atom is 0.256 e. The average molecular weight is 320 g/mol. The Hall–Kier alpha value is -2.55. The monoisotopic (exact) mass is 320 g/mol. The van der Waals surface area contributed by atoms with Crippen LogP contribution in [0.3, 0.4) is 0 Å². The van der Waals surface area contributed by atoms with Gasteiger partial charge in [-0.15, -0.1) is 0 Å². The molecule has 1 aliphatic rings. The van der Waals surface area contributed by atoms with Crippen LogP contribution in [-0.2, 0) is 4.79 Å². The van der Waals surface area contributed by atoms with Crippen molar-refractivity contribution in [3.8, 4) is 0 Å². The maximum atomic E-state index is 12.6. The van der Waals surface area contributed by atoms with Gasteiger partial charge in [0, 0.05) is 30.9 Å². The molecule has 3 heteroatoms. The number of rotatable bonds is 2. The average Bonchev–Trinajstić information content (AvgIpc) is 2.88. The highest BCUT2D eigenvalue weighted by Crippen LogP contribution is 2.41. The summed E-state index contributed by atoms with van der Waals surface area (Å²) in [5.41, 5.74) is 9.82. The maximum absolute atomic E-state index is 12.6. The molecule has 0 bridgehead atoms. The van der Waals surface area contributed by atoms with Crippen molar-refractivity contribution in [2.24, 2.45) is 0 Å². The largest absolute Gasteiger partial charge is 0.378 e. The van der Waals surface area contributed by atoms with Gasteiger partial charge in [-0.3, -0.25) is 4.79 Å². The molecule has 2 aromatic carbocycles. The summed E-state index contributed by atoms with van der Waals surface area (Å²) in [5, 5.41) is 3.06. The summed E-state index contributed by atoms with van der Waals surface area (Å²) >= 11 is 0. The van der Waals surface area contributed by atoms with E-state index in [9.17, 15) is 4.79 Å². The van der Waals surface area contributed by atoms with Gasteiger partial charge in [-0.25, -0.2) is 0 Å². The van der Waals surface area contributed by atoms with Gasteiger partial charge in [-0.1, -0.05) is 12.1 Å². The molecule has 0 aliphatic carbocycles. The lowest BCUT2D eigenvalue weighted by Crippen LogP contribution is -2.08. The Morgan fingerprint density at radius 1 is 0.875 bits per heavy atom. The van der Waals surface area contributed by atoms with Crippen LogP contribution in [0.15, 0.2) is 24.3 Å². The van der Waals surface area contributed by atoms with Crippen LogP contribution in [0.2, 0.25) is 0 Å². The third kappa shape index (κ3) is 2.50. The van der Waals surface area contributed by atoms with Gasteiger partial charge >= 0.3 is 0 Å². The number of anilines is 2. The predicted molar refractivity (Wildman–Crippen MR) is 103 cm³/mol. The highest BCUT2D eigenvalue weighted by molar-refractivity contribution is 6.35. The van der Waals surface area contributed by atoms with Gasteiger partial charge in [0.2, 0.25) is 0 Å². The summed E-state index contributed by atoms with van der Waals surface area (Å²) in [7, 11) is 4.04. The minimum atomic E-state index is -0.0158. The Labute approximate surface area is 144 Å². The van der Waals surface area contributed by atoms with E-state index in [4.69, 9.17) is 0 Å². The number of carbonyl (C=O) groups is 1.